The van der Waals surface area contributed by atoms with Gasteiger partial charge in [0.1, 0.15) is 0 Å². The summed E-state index contributed by atoms with van der Waals surface area (Å²) < 4.78 is 0. The first kappa shape index (κ1) is 15.7. The third-order valence-corrected chi connectivity index (χ3v) is 3.18. The molecule has 2 unspecified atom stereocenters. The smallest absolute Gasteiger partial charge is 0.0123 e. The van der Waals surface area contributed by atoms with Gasteiger partial charge >= 0.3 is 0 Å². The standard InChI is InChI=1S/C17H24/c1-6-9-12-15(4)17(14-11-8-3)16(5)13-10-7-2/h15-17H,12-14H2,1-5H3. The van der Waals surface area contributed by atoms with E-state index < -0.39 is 0 Å². The van der Waals surface area contributed by atoms with Gasteiger partial charge in [-0.1, -0.05) is 13.8 Å². The van der Waals surface area contributed by atoms with Crippen molar-refractivity contribution in [1.82, 2.24) is 0 Å². The largest absolute Gasteiger partial charge is 0.107 e. The summed E-state index contributed by atoms with van der Waals surface area (Å²) in [6.07, 6.45) is 2.91. The van der Waals surface area contributed by atoms with Crippen LogP contribution >= 0.6 is 0 Å². The first-order chi connectivity index (χ1) is 8.17. The van der Waals surface area contributed by atoms with Crippen molar-refractivity contribution in [2.24, 2.45) is 17.8 Å². The highest BCUT2D eigenvalue weighted by Gasteiger charge is 2.21. The molecule has 0 N–H and O–H groups in total. The molecule has 2 atom stereocenters. The van der Waals surface area contributed by atoms with Crippen molar-refractivity contribution in [2.75, 3.05) is 0 Å². The molecule has 17 heavy (non-hydrogen) atoms. The van der Waals surface area contributed by atoms with Crippen LogP contribution < -0.4 is 0 Å². The molecule has 0 spiro atoms. The molecule has 0 nitrogen and oxygen atoms in total. The van der Waals surface area contributed by atoms with Crippen LogP contribution in [0, 0.1) is 53.3 Å². The molecule has 0 aromatic rings. The second kappa shape index (κ2) is 9.87. The van der Waals surface area contributed by atoms with E-state index in [1.54, 1.807) is 0 Å². The molecule has 0 rings (SSSR count). The normalized spacial score (nSPS) is 13.9. The second-order valence-corrected chi connectivity index (χ2v) is 4.51. The van der Waals surface area contributed by atoms with Gasteiger partial charge in [0.25, 0.3) is 0 Å². The molecule has 0 aromatic heterocycles. The van der Waals surface area contributed by atoms with Gasteiger partial charge in [0.2, 0.25) is 0 Å². The average molecular weight is 228 g/mol. The van der Waals surface area contributed by atoms with Gasteiger partial charge in [-0.05, 0) is 38.5 Å². The summed E-state index contributed by atoms with van der Waals surface area (Å²) in [6, 6.07) is 0. The van der Waals surface area contributed by atoms with Crippen LogP contribution in [0.5, 0.6) is 0 Å². The molecule has 0 amide bonds. The van der Waals surface area contributed by atoms with Gasteiger partial charge < -0.3 is 0 Å². The van der Waals surface area contributed by atoms with Crippen LogP contribution in [0.4, 0.5) is 0 Å². The lowest BCUT2D eigenvalue weighted by Crippen LogP contribution is -2.19. The van der Waals surface area contributed by atoms with Crippen LogP contribution in [0.15, 0.2) is 0 Å². The summed E-state index contributed by atoms with van der Waals surface area (Å²) in [7, 11) is 0. The molecular formula is C17H24. The Kier molecular flexibility index (Phi) is 9.11. The van der Waals surface area contributed by atoms with Crippen LogP contribution in [0.2, 0.25) is 0 Å². The van der Waals surface area contributed by atoms with E-state index in [1.807, 2.05) is 20.8 Å². The maximum Gasteiger partial charge on any atom is 0.0123 e. The van der Waals surface area contributed by atoms with Gasteiger partial charge in [0, 0.05) is 19.3 Å². The van der Waals surface area contributed by atoms with Crippen molar-refractivity contribution < 1.29 is 0 Å². The molecule has 0 aliphatic carbocycles. The maximum atomic E-state index is 3.22. The lowest BCUT2D eigenvalue weighted by atomic mass is 9.78. The van der Waals surface area contributed by atoms with Gasteiger partial charge in [0.05, 0.1) is 0 Å². The van der Waals surface area contributed by atoms with Crippen LogP contribution in [0.25, 0.3) is 0 Å². The summed E-state index contributed by atoms with van der Waals surface area (Å²) in [5.74, 6) is 20.3. The van der Waals surface area contributed by atoms with E-state index >= 15 is 0 Å². The number of rotatable bonds is 5. The lowest BCUT2D eigenvalue weighted by Gasteiger charge is -2.25. The Balaban J connectivity index is 4.59. The van der Waals surface area contributed by atoms with E-state index in [0.717, 1.165) is 19.3 Å². The minimum Gasteiger partial charge on any atom is -0.107 e. The van der Waals surface area contributed by atoms with E-state index in [-0.39, 0.29) is 0 Å². The molecule has 0 radical (unpaired) electrons. The Hall–Kier alpha value is -1.32. The summed E-state index contributed by atoms with van der Waals surface area (Å²) >= 11 is 0. The Bertz CT molecular complexity index is 341. The predicted octanol–water partition coefficient (Wildman–Crippen LogP) is 4.12. The fraction of sp³-hybridized carbons (Fsp3) is 0.647. The summed E-state index contributed by atoms with van der Waals surface area (Å²) in [4.78, 5) is 0. The van der Waals surface area contributed by atoms with Crippen molar-refractivity contribution in [1.29, 1.82) is 0 Å². The monoisotopic (exact) mass is 228 g/mol. The van der Waals surface area contributed by atoms with Crippen molar-refractivity contribution >= 4 is 0 Å². The highest BCUT2D eigenvalue weighted by Crippen LogP contribution is 2.28. The van der Waals surface area contributed by atoms with E-state index in [9.17, 15) is 0 Å². The van der Waals surface area contributed by atoms with Gasteiger partial charge in [-0.25, -0.2) is 0 Å². The van der Waals surface area contributed by atoms with E-state index in [1.165, 1.54) is 0 Å². The molecule has 0 heteroatoms. The second-order valence-electron chi connectivity index (χ2n) is 4.51. The quantitative estimate of drug-likeness (QED) is 0.621. The summed E-state index contributed by atoms with van der Waals surface area (Å²) in [5.41, 5.74) is 0. The van der Waals surface area contributed by atoms with E-state index in [2.05, 4.69) is 49.4 Å². The zero-order valence-corrected chi connectivity index (χ0v) is 11.9. The van der Waals surface area contributed by atoms with Gasteiger partial charge in [-0.2, -0.15) is 0 Å². The first-order valence-electron chi connectivity index (χ1n) is 6.36. The van der Waals surface area contributed by atoms with Crippen molar-refractivity contribution in [3.05, 3.63) is 0 Å². The molecule has 0 saturated heterocycles. The number of hydrogen-bond acceptors (Lipinski definition) is 0. The highest BCUT2D eigenvalue weighted by molar-refractivity contribution is 5.03. The highest BCUT2D eigenvalue weighted by atomic mass is 14.2. The van der Waals surface area contributed by atoms with Gasteiger partial charge in [-0.15, -0.1) is 35.5 Å². The van der Waals surface area contributed by atoms with E-state index in [0.29, 0.717) is 17.8 Å². The molecule has 0 aliphatic rings. The van der Waals surface area contributed by atoms with Crippen molar-refractivity contribution in [3.8, 4) is 35.5 Å². The molecule has 0 bridgehead atoms. The molecule has 0 saturated carbocycles. The molecule has 0 aromatic carbocycles. The summed E-state index contributed by atoms with van der Waals surface area (Å²) in [5, 5.41) is 0. The van der Waals surface area contributed by atoms with E-state index in [4.69, 9.17) is 0 Å². The molecule has 0 fully saturated rings. The molecule has 0 aliphatic heterocycles. The average Bonchev–Trinajstić information content (AvgIpc) is 2.34. The third-order valence-electron chi connectivity index (χ3n) is 3.18. The Labute approximate surface area is 108 Å². The predicted molar refractivity (Wildman–Crippen MR) is 76.0 cm³/mol. The fourth-order valence-corrected chi connectivity index (χ4v) is 2.01. The Morgan fingerprint density at radius 1 is 0.647 bits per heavy atom. The fourth-order valence-electron chi connectivity index (χ4n) is 2.01. The Morgan fingerprint density at radius 2 is 1.00 bits per heavy atom. The summed E-state index contributed by atoms with van der Waals surface area (Å²) in [6.45, 7) is 10.3. The van der Waals surface area contributed by atoms with Gasteiger partial charge in [-0.3, -0.25) is 0 Å². The minimum absolute atomic E-state index is 0.594. The lowest BCUT2D eigenvalue weighted by molar-refractivity contribution is 0.267. The van der Waals surface area contributed by atoms with Crippen LogP contribution in [-0.4, -0.2) is 0 Å². The zero-order chi connectivity index (χ0) is 13.1. The van der Waals surface area contributed by atoms with Crippen LogP contribution in [0.3, 0.4) is 0 Å². The Morgan fingerprint density at radius 3 is 1.35 bits per heavy atom. The maximum absolute atomic E-state index is 3.22. The third kappa shape index (κ3) is 6.76. The molecule has 0 heterocycles. The molecular weight excluding hydrogens is 204 g/mol. The SMILES string of the molecule is CC#CCC(C)C(CC#CC)C(C)CC#CC. The zero-order valence-electron chi connectivity index (χ0n) is 11.9. The van der Waals surface area contributed by atoms with Crippen LogP contribution in [-0.2, 0) is 0 Å². The van der Waals surface area contributed by atoms with Crippen molar-refractivity contribution in [3.63, 3.8) is 0 Å². The van der Waals surface area contributed by atoms with Crippen molar-refractivity contribution in [2.45, 2.75) is 53.9 Å². The minimum atomic E-state index is 0.594. The molecule has 92 valence electrons. The van der Waals surface area contributed by atoms with Gasteiger partial charge in [0.15, 0.2) is 0 Å². The topological polar surface area (TPSA) is 0 Å². The van der Waals surface area contributed by atoms with Crippen LogP contribution in [0.1, 0.15) is 53.9 Å². The first-order valence-corrected chi connectivity index (χ1v) is 6.36. The number of hydrogen-bond donors (Lipinski definition) is 0.